The van der Waals surface area contributed by atoms with Gasteiger partial charge in [-0.1, -0.05) is 60.3 Å². The average Bonchev–Trinajstić information content (AvgIpc) is 2.65. The zero-order valence-corrected chi connectivity index (χ0v) is 14.8. The maximum absolute atomic E-state index is 12.6. The van der Waals surface area contributed by atoms with Crippen molar-refractivity contribution < 1.29 is 19.1 Å². The zero-order valence-electron chi connectivity index (χ0n) is 14.0. The first-order valence-electron chi connectivity index (χ1n) is 7.69. The highest BCUT2D eigenvalue weighted by molar-refractivity contribution is 8.14. The van der Waals surface area contributed by atoms with Crippen molar-refractivity contribution in [3.8, 4) is 0 Å². The maximum Gasteiger partial charge on any atom is 0.321 e. The number of nitrogens with one attached hydrogen (secondary N) is 1. The summed E-state index contributed by atoms with van der Waals surface area (Å²) in [6.45, 7) is 1.38. The molecule has 0 aliphatic rings. The van der Waals surface area contributed by atoms with Crippen LogP contribution in [0.25, 0.3) is 0 Å². The third kappa shape index (κ3) is 5.19. The van der Waals surface area contributed by atoms with Crippen LogP contribution in [0.5, 0.6) is 0 Å². The number of carbonyl (C=O) groups is 3. The van der Waals surface area contributed by atoms with Crippen molar-refractivity contribution in [1.82, 2.24) is 5.32 Å². The largest absolute Gasteiger partial charge is 0.468 e. The number of amides is 1. The number of hydrogen-bond donors (Lipinski definition) is 1. The summed E-state index contributed by atoms with van der Waals surface area (Å²) in [5.41, 5.74) is 1.19. The summed E-state index contributed by atoms with van der Waals surface area (Å²) >= 11 is 0.844. The summed E-state index contributed by atoms with van der Waals surface area (Å²) in [6.07, 6.45) is 0. The number of rotatable bonds is 6. The fourth-order valence-corrected chi connectivity index (χ4v) is 3.27. The van der Waals surface area contributed by atoms with Crippen LogP contribution in [0.1, 0.15) is 28.9 Å². The Hall–Kier alpha value is -2.60. The Labute approximate surface area is 150 Å². The lowest BCUT2D eigenvalue weighted by atomic mass is 10.0. The molecule has 130 valence electrons. The van der Waals surface area contributed by atoms with Crippen molar-refractivity contribution in [2.45, 2.75) is 18.2 Å². The second-order valence-electron chi connectivity index (χ2n) is 5.28. The van der Waals surface area contributed by atoms with Crippen LogP contribution in [0.15, 0.2) is 60.7 Å². The van der Waals surface area contributed by atoms with Gasteiger partial charge >= 0.3 is 5.97 Å². The van der Waals surface area contributed by atoms with Crippen molar-refractivity contribution in [2.24, 2.45) is 0 Å². The lowest BCUT2D eigenvalue weighted by molar-refractivity contribution is -0.140. The maximum atomic E-state index is 12.6. The van der Waals surface area contributed by atoms with Crippen molar-refractivity contribution >= 4 is 28.8 Å². The molecule has 0 unspecified atom stereocenters. The summed E-state index contributed by atoms with van der Waals surface area (Å²) in [7, 11) is 1.26. The molecule has 6 heteroatoms. The molecule has 5 nitrogen and oxygen atoms in total. The smallest absolute Gasteiger partial charge is 0.321 e. The molecule has 2 aromatic rings. The van der Waals surface area contributed by atoms with E-state index >= 15 is 0 Å². The lowest BCUT2D eigenvalue weighted by Crippen LogP contribution is -2.39. The average molecular weight is 357 g/mol. The molecule has 1 N–H and O–H groups in total. The van der Waals surface area contributed by atoms with Crippen molar-refractivity contribution in [3.05, 3.63) is 71.8 Å². The van der Waals surface area contributed by atoms with Gasteiger partial charge in [-0.15, -0.1) is 0 Å². The minimum atomic E-state index is -0.877. The Kier molecular flexibility index (Phi) is 6.77. The quantitative estimate of drug-likeness (QED) is 0.805. The predicted molar refractivity (Wildman–Crippen MR) is 97.2 cm³/mol. The molecule has 2 atom stereocenters. The molecular formula is C19H19NO4S. The Morgan fingerprint density at radius 1 is 0.960 bits per heavy atom. The molecule has 2 aromatic carbocycles. The van der Waals surface area contributed by atoms with Crippen LogP contribution < -0.4 is 5.32 Å². The van der Waals surface area contributed by atoms with Crippen LogP contribution in [0.4, 0.5) is 0 Å². The van der Waals surface area contributed by atoms with Crippen LogP contribution in [-0.4, -0.2) is 29.4 Å². The third-order valence-corrected chi connectivity index (χ3v) is 4.56. The standard InChI is InChI=1S/C19H19NO4S/c1-13(21)25-17(19(23)24-2)16(14-9-5-3-6-10-14)20-18(22)15-11-7-4-8-12-15/h3-12,16-17H,1-2H3,(H,20,22)/t16-,17+/m0/s1. The van der Waals surface area contributed by atoms with E-state index in [4.69, 9.17) is 4.74 Å². The van der Waals surface area contributed by atoms with E-state index in [1.807, 2.05) is 24.3 Å². The molecule has 0 aliphatic carbocycles. The molecule has 2 rings (SSSR count). The summed E-state index contributed by atoms with van der Waals surface area (Å²) < 4.78 is 4.84. The topological polar surface area (TPSA) is 72.5 Å². The molecular weight excluding hydrogens is 338 g/mol. The summed E-state index contributed by atoms with van der Waals surface area (Å²) in [5, 5.41) is 1.75. The van der Waals surface area contributed by atoms with E-state index in [9.17, 15) is 14.4 Å². The van der Waals surface area contributed by atoms with Gasteiger partial charge in [0.1, 0.15) is 5.25 Å². The van der Waals surface area contributed by atoms with Crippen LogP contribution in [0, 0.1) is 0 Å². The number of thioether (sulfide) groups is 1. The number of esters is 1. The Bertz CT molecular complexity index is 734. The van der Waals surface area contributed by atoms with Gasteiger partial charge in [0.2, 0.25) is 0 Å². The number of methoxy groups -OCH3 is 1. The molecule has 0 radical (unpaired) electrons. The fourth-order valence-electron chi connectivity index (χ4n) is 2.36. The fraction of sp³-hybridized carbons (Fsp3) is 0.211. The van der Waals surface area contributed by atoms with E-state index in [2.05, 4.69) is 5.32 Å². The molecule has 0 heterocycles. The second kappa shape index (κ2) is 9.03. The summed E-state index contributed by atoms with van der Waals surface area (Å²) in [4.78, 5) is 36.4. The van der Waals surface area contributed by atoms with Gasteiger partial charge in [0, 0.05) is 12.5 Å². The van der Waals surface area contributed by atoms with Crippen molar-refractivity contribution in [2.75, 3.05) is 7.11 Å². The summed E-state index contributed by atoms with van der Waals surface area (Å²) in [6, 6.07) is 17.1. The molecule has 1 amide bonds. The molecule has 0 spiro atoms. The van der Waals surface area contributed by atoms with Gasteiger partial charge in [-0.05, 0) is 17.7 Å². The highest BCUT2D eigenvalue weighted by Gasteiger charge is 2.33. The van der Waals surface area contributed by atoms with Gasteiger partial charge in [0.15, 0.2) is 5.12 Å². The van der Waals surface area contributed by atoms with Crippen LogP contribution in [-0.2, 0) is 14.3 Å². The molecule has 0 bridgehead atoms. The van der Waals surface area contributed by atoms with Crippen molar-refractivity contribution in [3.63, 3.8) is 0 Å². The van der Waals surface area contributed by atoms with E-state index in [1.165, 1.54) is 14.0 Å². The minimum Gasteiger partial charge on any atom is -0.468 e. The van der Waals surface area contributed by atoms with Gasteiger partial charge in [-0.3, -0.25) is 14.4 Å². The first-order chi connectivity index (χ1) is 12.0. The SMILES string of the molecule is COC(=O)[C@H](SC(C)=O)[C@@H](NC(=O)c1ccccc1)c1ccccc1. The highest BCUT2D eigenvalue weighted by atomic mass is 32.2. The molecule has 0 saturated carbocycles. The number of hydrogen-bond acceptors (Lipinski definition) is 5. The molecule has 25 heavy (non-hydrogen) atoms. The number of ether oxygens (including phenoxy) is 1. The Morgan fingerprint density at radius 2 is 1.52 bits per heavy atom. The predicted octanol–water partition coefficient (Wildman–Crippen LogP) is 2.98. The van der Waals surface area contributed by atoms with Gasteiger partial charge in [0.25, 0.3) is 5.91 Å². The number of benzene rings is 2. The van der Waals surface area contributed by atoms with E-state index in [0.29, 0.717) is 5.56 Å². The van der Waals surface area contributed by atoms with E-state index < -0.39 is 17.3 Å². The molecule has 0 aromatic heterocycles. The molecule has 0 fully saturated rings. The Morgan fingerprint density at radius 3 is 2.04 bits per heavy atom. The van der Waals surface area contributed by atoms with Crippen LogP contribution >= 0.6 is 11.8 Å². The highest BCUT2D eigenvalue weighted by Crippen LogP contribution is 2.29. The minimum absolute atomic E-state index is 0.231. The van der Waals surface area contributed by atoms with E-state index in [0.717, 1.165) is 17.3 Å². The van der Waals surface area contributed by atoms with E-state index in [1.54, 1.807) is 36.4 Å². The van der Waals surface area contributed by atoms with Gasteiger partial charge < -0.3 is 10.1 Å². The van der Waals surface area contributed by atoms with E-state index in [-0.39, 0.29) is 11.0 Å². The molecule has 0 aliphatic heterocycles. The van der Waals surface area contributed by atoms with Crippen molar-refractivity contribution in [1.29, 1.82) is 0 Å². The van der Waals surface area contributed by atoms with Gasteiger partial charge in [0.05, 0.1) is 13.2 Å². The third-order valence-electron chi connectivity index (χ3n) is 3.51. The van der Waals surface area contributed by atoms with Crippen LogP contribution in [0.3, 0.4) is 0 Å². The first kappa shape index (κ1) is 18.7. The number of carbonyl (C=O) groups excluding carboxylic acids is 3. The van der Waals surface area contributed by atoms with Gasteiger partial charge in [-0.2, -0.15) is 0 Å². The Balaban J connectivity index is 2.36. The zero-order chi connectivity index (χ0) is 18.2. The van der Waals surface area contributed by atoms with Gasteiger partial charge in [-0.25, -0.2) is 0 Å². The summed E-state index contributed by atoms with van der Waals surface area (Å²) in [5.74, 6) is -0.894. The first-order valence-corrected chi connectivity index (χ1v) is 8.56. The normalized spacial score (nSPS) is 12.7. The van der Waals surface area contributed by atoms with Crippen LogP contribution in [0.2, 0.25) is 0 Å². The lowest BCUT2D eigenvalue weighted by Gasteiger charge is -2.25. The monoisotopic (exact) mass is 357 g/mol. The second-order valence-corrected chi connectivity index (χ2v) is 6.60. The molecule has 0 saturated heterocycles.